The molecule has 3 N–H and O–H groups in total. The van der Waals surface area contributed by atoms with Gasteiger partial charge in [-0.25, -0.2) is 26.6 Å². The summed E-state index contributed by atoms with van der Waals surface area (Å²) in [7, 11) is 0. The van der Waals surface area contributed by atoms with Gasteiger partial charge in [-0.1, -0.05) is 17.0 Å². The Hall–Kier alpha value is -3.15. The minimum absolute atomic E-state index is 0.00208. The van der Waals surface area contributed by atoms with Crippen LogP contribution in [-0.2, 0) is 22.6 Å². The van der Waals surface area contributed by atoms with Crippen LogP contribution in [0.4, 0.5) is 22.0 Å². The molecule has 0 aliphatic carbocycles. The highest BCUT2D eigenvalue weighted by molar-refractivity contribution is 9.10. The molecule has 0 radical (unpaired) electrons. The predicted molar refractivity (Wildman–Crippen MR) is 147 cm³/mol. The van der Waals surface area contributed by atoms with Crippen LogP contribution in [0.2, 0.25) is 0 Å². The molecular weight excluding hydrogens is 667 g/mol. The highest BCUT2D eigenvalue weighted by atomic mass is 79.9. The zero-order chi connectivity index (χ0) is 31.3. The van der Waals surface area contributed by atoms with Crippen molar-refractivity contribution in [1.82, 2.24) is 20.0 Å². The van der Waals surface area contributed by atoms with E-state index in [4.69, 9.17) is 9.47 Å². The van der Waals surface area contributed by atoms with Gasteiger partial charge in [0.05, 0.1) is 32.1 Å². The molecule has 16 heteroatoms. The number of aromatic nitrogens is 4. The lowest BCUT2D eigenvalue weighted by molar-refractivity contribution is -0.115. The van der Waals surface area contributed by atoms with Crippen LogP contribution in [0, 0.1) is 29.1 Å². The Bertz CT molecular complexity index is 1520. The minimum atomic E-state index is -1.64. The number of hydrogen-bond acceptors (Lipinski definition) is 9. The number of phenols is 1. The Labute approximate surface area is 254 Å². The number of aliphatic hydroxyl groups excluding tert-OH is 2. The maximum Gasteiger partial charge on any atom is 0.194 e. The Balaban J connectivity index is 1.68. The van der Waals surface area contributed by atoms with Gasteiger partial charge in [-0.3, -0.25) is 4.98 Å². The number of hydrogen-bond donors (Lipinski definition) is 3. The molecule has 0 fully saturated rings. The Morgan fingerprint density at radius 3 is 2.26 bits per heavy atom. The fourth-order valence-electron chi connectivity index (χ4n) is 3.79. The monoisotopic (exact) mass is 690 g/mol. The average molecular weight is 691 g/mol. The van der Waals surface area contributed by atoms with E-state index in [9.17, 15) is 37.3 Å². The van der Waals surface area contributed by atoms with E-state index in [1.165, 1.54) is 24.0 Å². The van der Waals surface area contributed by atoms with E-state index in [1.54, 1.807) is 12.3 Å². The number of aromatic hydroxyl groups is 1. The van der Waals surface area contributed by atoms with E-state index in [2.05, 4.69) is 31.2 Å². The highest BCUT2D eigenvalue weighted by Gasteiger charge is 2.31. The van der Waals surface area contributed by atoms with Crippen LogP contribution in [0.1, 0.15) is 12.5 Å². The van der Waals surface area contributed by atoms with E-state index < -0.39 is 65.2 Å². The van der Waals surface area contributed by atoms with Crippen LogP contribution < -0.4 is 0 Å². The molecule has 0 aliphatic rings. The zero-order valence-electron chi connectivity index (χ0n) is 22.2. The first kappa shape index (κ1) is 32.8. The molecule has 0 saturated heterocycles. The summed E-state index contributed by atoms with van der Waals surface area (Å²) >= 11 is 4.42. The summed E-state index contributed by atoms with van der Waals surface area (Å²) in [5.74, 6) is -8.02. The molecule has 2 aromatic carbocycles. The summed E-state index contributed by atoms with van der Waals surface area (Å²) in [5, 5.41) is 37.3. The van der Waals surface area contributed by atoms with Crippen LogP contribution in [0.5, 0.6) is 5.75 Å². The molecule has 0 spiro atoms. The summed E-state index contributed by atoms with van der Waals surface area (Å²) in [4.78, 5) is 4.69. The number of pyridine rings is 1. The van der Waals surface area contributed by atoms with Gasteiger partial charge in [-0.15, -0.1) is 5.10 Å². The second kappa shape index (κ2) is 14.5. The molecule has 0 aliphatic heterocycles. The first-order valence-electron chi connectivity index (χ1n) is 12.5. The first-order chi connectivity index (χ1) is 20.4. The summed E-state index contributed by atoms with van der Waals surface area (Å²) < 4.78 is 83.0. The van der Waals surface area contributed by atoms with E-state index >= 15 is 0 Å². The van der Waals surface area contributed by atoms with Crippen LogP contribution in [-0.4, -0.2) is 65.7 Å². The van der Waals surface area contributed by atoms with Gasteiger partial charge in [-0.05, 0) is 58.7 Å². The van der Waals surface area contributed by atoms with Crippen molar-refractivity contribution in [1.29, 1.82) is 0 Å². The molecule has 4 rings (SSSR count). The second-order valence-electron chi connectivity index (χ2n) is 9.26. The molecule has 230 valence electrons. The third kappa shape index (κ3) is 8.49. The number of phenolic OH excluding ortho intramolecular Hbond substituents is 1. The number of benzene rings is 2. The third-order valence-corrected chi connectivity index (χ3v) is 7.56. The standard InChI is InChI=1S/C27H24BrF5N4O5S/c1-13(39)24(11-38)42-27(43-17-6-16(28)7-34-8-17)23(41-12-14-2-20(31)26(40)21(32)3-14)10-37-9-22(35-36-37)15-4-18(29)25(33)19(30)5-15/h2-9,13,23-24,27,38-40H,10-12H2,1H3/t13-,23+,24?,27?/m1/s1. The summed E-state index contributed by atoms with van der Waals surface area (Å²) in [5.41, 5.74) is -1.09. The quantitative estimate of drug-likeness (QED) is 0.0773. The SMILES string of the molecule is C[C@@H](O)C(CO)OC(Sc1cncc(Br)c1)[C@H](Cn1cc(-c2cc(F)c(F)c(F)c2)nn1)OCc1cc(F)c(O)c(F)c1. The van der Waals surface area contributed by atoms with Gasteiger partial charge in [0.15, 0.2) is 34.8 Å². The zero-order valence-corrected chi connectivity index (χ0v) is 24.6. The molecule has 9 nitrogen and oxygen atoms in total. The van der Waals surface area contributed by atoms with Gasteiger partial charge < -0.3 is 24.8 Å². The van der Waals surface area contributed by atoms with Gasteiger partial charge in [0, 0.05) is 27.3 Å². The fourth-order valence-corrected chi connectivity index (χ4v) is 5.41. The number of thioether (sulfide) groups is 1. The maximum absolute atomic E-state index is 14.0. The lowest BCUT2D eigenvalue weighted by Gasteiger charge is -2.31. The fraction of sp³-hybridized carbons (Fsp3) is 0.296. The topological polar surface area (TPSA) is 123 Å². The van der Waals surface area contributed by atoms with Crippen LogP contribution in [0.3, 0.4) is 0 Å². The normalized spacial score (nSPS) is 14.4. The molecule has 2 unspecified atom stereocenters. The van der Waals surface area contributed by atoms with Crippen LogP contribution in [0.25, 0.3) is 11.3 Å². The summed E-state index contributed by atoms with van der Waals surface area (Å²) in [6.45, 7) is 0.289. The lowest BCUT2D eigenvalue weighted by Crippen LogP contribution is -2.40. The van der Waals surface area contributed by atoms with Crippen molar-refractivity contribution in [3.05, 3.63) is 88.0 Å². The van der Waals surface area contributed by atoms with Gasteiger partial charge in [0.2, 0.25) is 0 Å². The number of ether oxygens (including phenoxy) is 2. The van der Waals surface area contributed by atoms with E-state index in [-0.39, 0.29) is 30.0 Å². The second-order valence-corrected chi connectivity index (χ2v) is 11.3. The highest BCUT2D eigenvalue weighted by Crippen LogP contribution is 2.32. The Kier molecular flexibility index (Phi) is 11.1. The number of halogens is 6. The molecule has 0 bridgehead atoms. The van der Waals surface area contributed by atoms with Crippen LogP contribution >= 0.6 is 27.7 Å². The van der Waals surface area contributed by atoms with Gasteiger partial charge >= 0.3 is 0 Å². The minimum Gasteiger partial charge on any atom is -0.503 e. The molecule has 4 aromatic rings. The van der Waals surface area contributed by atoms with Crippen molar-refractivity contribution in [3.8, 4) is 17.0 Å². The van der Waals surface area contributed by atoms with Gasteiger partial charge in [0.25, 0.3) is 0 Å². The third-order valence-electron chi connectivity index (χ3n) is 5.99. The predicted octanol–water partition coefficient (Wildman–Crippen LogP) is 4.97. The Morgan fingerprint density at radius 2 is 1.65 bits per heavy atom. The van der Waals surface area contributed by atoms with Crippen molar-refractivity contribution in [3.63, 3.8) is 0 Å². The average Bonchev–Trinajstić information content (AvgIpc) is 3.43. The van der Waals surface area contributed by atoms with Crippen LogP contribution in [0.15, 0.2) is 58.3 Å². The van der Waals surface area contributed by atoms with E-state index in [0.717, 1.165) is 36.0 Å². The van der Waals surface area contributed by atoms with Crippen molar-refractivity contribution in [2.75, 3.05) is 6.61 Å². The largest absolute Gasteiger partial charge is 0.503 e. The number of aliphatic hydroxyl groups is 2. The molecular formula is C27H24BrF5N4O5S. The maximum atomic E-state index is 14.0. The van der Waals surface area contributed by atoms with Gasteiger partial charge in [0.1, 0.15) is 23.3 Å². The molecule has 2 aromatic heterocycles. The van der Waals surface area contributed by atoms with Crippen molar-refractivity contribution in [2.45, 2.75) is 48.7 Å². The number of rotatable bonds is 13. The smallest absolute Gasteiger partial charge is 0.194 e. The number of nitrogens with zero attached hydrogens (tertiary/aromatic N) is 4. The molecule has 0 amide bonds. The van der Waals surface area contributed by atoms with E-state index in [0.29, 0.717) is 9.37 Å². The van der Waals surface area contributed by atoms with Crippen molar-refractivity contribution < 1.29 is 46.7 Å². The molecule has 43 heavy (non-hydrogen) atoms. The first-order valence-corrected chi connectivity index (χ1v) is 14.2. The molecule has 0 saturated carbocycles. The van der Waals surface area contributed by atoms with Gasteiger partial charge in [-0.2, -0.15) is 0 Å². The van der Waals surface area contributed by atoms with Crippen molar-refractivity contribution in [2.24, 2.45) is 0 Å². The summed E-state index contributed by atoms with van der Waals surface area (Å²) in [6, 6.07) is 5.00. The summed E-state index contributed by atoms with van der Waals surface area (Å²) in [6.07, 6.45) is 1.14. The molecule has 4 atom stereocenters. The molecule has 2 heterocycles. The van der Waals surface area contributed by atoms with Crippen molar-refractivity contribution >= 4 is 27.7 Å². The lowest BCUT2D eigenvalue weighted by atomic mass is 10.1. The van der Waals surface area contributed by atoms with E-state index in [1.807, 2.05) is 0 Å². The Morgan fingerprint density at radius 1 is 0.977 bits per heavy atom.